The van der Waals surface area contributed by atoms with Gasteiger partial charge in [-0.1, -0.05) is 0 Å². The third-order valence-electron chi connectivity index (χ3n) is 4.23. The summed E-state index contributed by atoms with van der Waals surface area (Å²) in [6, 6.07) is 7.52. The molecular formula is C17H15N3O5. The highest BCUT2D eigenvalue weighted by atomic mass is 16.4. The van der Waals surface area contributed by atoms with Crippen LogP contribution in [0.25, 0.3) is 11.1 Å². The van der Waals surface area contributed by atoms with E-state index >= 15 is 0 Å². The van der Waals surface area contributed by atoms with Crippen LogP contribution in [0.2, 0.25) is 0 Å². The number of carbonyl (C=O) groups excluding carboxylic acids is 2. The van der Waals surface area contributed by atoms with E-state index in [1.54, 1.807) is 30.3 Å². The summed E-state index contributed by atoms with van der Waals surface area (Å²) in [5.74, 6) is -0.901. The van der Waals surface area contributed by atoms with Crippen molar-refractivity contribution in [2.45, 2.75) is 18.9 Å². The highest BCUT2D eigenvalue weighted by molar-refractivity contribution is 6.01. The number of nitrogens with one attached hydrogen (secondary N) is 2. The molecule has 25 heavy (non-hydrogen) atoms. The minimum atomic E-state index is -0.559. The SMILES string of the molecule is O=C(Nc1ccc2oc(=O)[nH]c2c1)C1CCCN1C(=O)c1ccco1. The number of hydrogen-bond acceptors (Lipinski definition) is 5. The van der Waals surface area contributed by atoms with E-state index in [4.69, 9.17) is 8.83 Å². The number of nitrogens with zero attached hydrogens (tertiary/aromatic N) is 1. The van der Waals surface area contributed by atoms with Crippen molar-refractivity contribution in [1.82, 2.24) is 9.88 Å². The highest BCUT2D eigenvalue weighted by Crippen LogP contribution is 2.23. The first-order valence-corrected chi connectivity index (χ1v) is 7.90. The number of aromatic amines is 1. The van der Waals surface area contributed by atoms with Gasteiger partial charge in [0.1, 0.15) is 6.04 Å². The van der Waals surface area contributed by atoms with Gasteiger partial charge < -0.3 is 19.1 Å². The Hall–Kier alpha value is -3.29. The molecule has 2 N–H and O–H groups in total. The summed E-state index contributed by atoms with van der Waals surface area (Å²) >= 11 is 0. The lowest BCUT2D eigenvalue weighted by molar-refractivity contribution is -0.119. The first-order chi connectivity index (χ1) is 12.1. The predicted octanol–water partition coefficient (Wildman–Crippen LogP) is 1.96. The quantitative estimate of drug-likeness (QED) is 0.757. The summed E-state index contributed by atoms with van der Waals surface area (Å²) in [4.78, 5) is 40.3. The molecular weight excluding hydrogens is 326 g/mol. The average Bonchev–Trinajstić information content (AvgIpc) is 3.33. The summed E-state index contributed by atoms with van der Waals surface area (Å²) < 4.78 is 10.1. The predicted molar refractivity (Wildman–Crippen MR) is 88.2 cm³/mol. The molecule has 1 saturated heterocycles. The zero-order chi connectivity index (χ0) is 17.4. The summed E-state index contributed by atoms with van der Waals surface area (Å²) in [5.41, 5.74) is 1.43. The van der Waals surface area contributed by atoms with E-state index in [1.807, 2.05) is 0 Å². The number of fused-ring (bicyclic) bond motifs is 1. The Labute approximate surface area is 141 Å². The fourth-order valence-electron chi connectivity index (χ4n) is 3.08. The Morgan fingerprint density at radius 2 is 2.16 bits per heavy atom. The number of aromatic nitrogens is 1. The lowest BCUT2D eigenvalue weighted by Crippen LogP contribution is -2.43. The molecule has 0 spiro atoms. The lowest BCUT2D eigenvalue weighted by atomic mass is 10.2. The monoisotopic (exact) mass is 341 g/mol. The van der Waals surface area contributed by atoms with Crippen LogP contribution in [0.1, 0.15) is 23.4 Å². The third-order valence-corrected chi connectivity index (χ3v) is 4.23. The van der Waals surface area contributed by atoms with Crippen LogP contribution >= 0.6 is 0 Å². The molecule has 0 aliphatic carbocycles. The number of anilines is 1. The molecule has 1 atom stereocenters. The molecule has 1 aromatic carbocycles. The van der Waals surface area contributed by atoms with Crippen molar-refractivity contribution in [2.24, 2.45) is 0 Å². The number of rotatable bonds is 3. The number of furan rings is 1. The van der Waals surface area contributed by atoms with Crippen molar-refractivity contribution >= 4 is 28.6 Å². The van der Waals surface area contributed by atoms with Gasteiger partial charge >= 0.3 is 5.76 Å². The van der Waals surface area contributed by atoms with Crippen LogP contribution in [-0.2, 0) is 4.79 Å². The number of likely N-dealkylation sites (tertiary alicyclic amines) is 1. The van der Waals surface area contributed by atoms with Gasteiger partial charge in [-0.2, -0.15) is 0 Å². The molecule has 8 nitrogen and oxygen atoms in total. The van der Waals surface area contributed by atoms with Gasteiger partial charge in [-0.3, -0.25) is 14.6 Å². The second-order valence-corrected chi connectivity index (χ2v) is 5.85. The lowest BCUT2D eigenvalue weighted by Gasteiger charge is -2.23. The van der Waals surface area contributed by atoms with Gasteiger partial charge in [-0.05, 0) is 43.2 Å². The highest BCUT2D eigenvalue weighted by Gasteiger charge is 2.35. The van der Waals surface area contributed by atoms with E-state index < -0.39 is 11.8 Å². The van der Waals surface area contributed by atoms with Crippen LogP contribution in [-0.4, -0.2) is 34.3 Å². The molecule has 8 heteroatoms. The minimum absolute atomic E-state index is 0.220. The van der Waals surface area contributed by atoms with Crippen molar-refractivity contribution in [3.63, 3.8) is 0 Å². The topological polar surface area (TPSA) is 109 Å². The maximum atomic E-state index is 12.6. The smallest absolute Gasteiger partial charge is 0.417 e. The summed E-state index contributed by atoms with van der Waals surface area (Å²) in [7, 11) is 0. The van der Waals surface area contributed by atoms with Gasteiger partial charge in [0, 0.05) is 12.2 Å². The first kappa shape index (κ1) is 15.3. The molecule has 0 saturated carbocycles. The number of amides is 2. The molecule has 3 heterocycles. The van der Waals surface area contributed by atoms with Crippen molar-refractivity contribution in [3.05, 3.63) is 52.9 Å². The Morgan fingerprint density at radius 1 is 1.28 bits per heavy atom. The molecule has 2 aromatic heterocycles. The van der Waals surface area contributed by atoms with Crippen molar-refractivity contribution in [1.29, 1.82) is 0 Å². The van der Waals surface area contributed by atoms with Crippen molar-refractivity contribution in [3.8, 4) is 0 Å². The van der Waals surface area contributed by atoms with Crippen LogP contribution in [0.4, 0.5) is 5.69 Å². The van der Waals surface area contributed by atoms with Crippen molar-refractivity contribution < 1.29 is 18.4 Å². The molecule has 1 unspecified atom stereocenters. The zero-order valence-corrected chi connectivity index (χ0v) is 13.2. The Morgan fingerprint density at radius 3 is 2.96 bits per heavy atom. The van der Waals surface area contributed by atoms with Gasteiger partial charge in [-0.25, -0.2) is 4.79 Å². The van der Waals surface area contributed by atoms with Crippen LogP contribution < -0.4 is 11.1 Å². The number of hydrogen-bond donors (Lipinski definition) is 2. The molecule has 0 bridgehead atoms. The summed E-state index contributed by atoms with van der Waals surface area (Å²) in [5, 5.41) is 2.79. The Bertz CT molecular complexity index is 985. The largest absolute Gasteiger partial charge is 0.459 e. The Kier molecular flexibility index (Phi) is 3.64. The molecule has 4 rings (SSSR count). The van der Waals surface area contributed by atoms with Crippen LogP contribution in [0.3, 0.4) is 0 Å². The minimum Gasteiger partial charge on any atom is -0.459 e. The maximum Gasteiger partial charge on any atom is 0.417 e. The fraction of sp³-hybridized carbons (Fsp3) is 0.235. The summed E-state index contributed by atoms with van der Waals surface area (Å²) in [6.45, 7) is 0.506. The van der Waals surface area contributed by atoms with E-state index in [0.717, 1.165) is 6.42 Å². The molecule has 0 radical (unpaired) electrons. The van der Waals surface area contributed by atoms with E-state index in [9.17, 15) is 14.4 Å². The van der Waals surface area contributed by atoms with Gasteiger partial charge in [0.2, 0.25) is 5.91 Å². The fourth-order valence-corrected chi connectivity index (χ4v) is 3.08. The van der Waals surface area contributed by atoms with Gasteiger partial charge in [0.05, 0.1) is 11.8 Å². The molecule has 1 aliphatic rings. The van der Waals surface area contributed by atoms with Crippen LogP contribution in [0.15, 0.2) is 50.2 Å². The molecule has 1 fully saturated rings. The van der Waals surface area contributed by atoms with Crippen LogP contribution in [0, 0.1) is 0 Å². The molecule has 3 aromatic rings. The van der Waals surface area contributed by atoms with Gasteiger partial charge in [0.25, 0.3) is 5.91 Å². The van der Waals surface area contributed by atoms with E-state index in [1.165, 1.54) is 11.2 Å². The first-order valence-electron chi connectivity index (χ1n) is 7.90. The second kappa shape index (κ2) is 5.97. The number of benzene rings is 1. The molecule has 128 valence electrons. The van der Waals surface area contributed by atoms with Gasteiger partial charge in [-0.15, -0.1) is 0 Å². The van der Waals surface area contributed by atoms with E-state index in [0.29, 0.717) is 29.8 Å². The normalized spacial score (nSPS) is 17.1. The van der Waals surface area contributed by atoms with Crippen molar-refractivity contribution in [2.75, 3.05) is 11.9 Å². The number of oxazole rings is 1. The van der Waals surface area contributed by atoms with Gasteiger partial charge in [0.15, 0.2) is 11.3 Å². The third kappa shape index (κ3) is 2.82. The summed E-state index contributed by atoms with van der Waals surface area (Å²) in [6.07, 6.45) is 2.76. The second-order valence-electron chi connectivity index (χ2n) is 5.85. The average molecular weight is 341 g/mol. The zero-order valence-electron chi connectivity index (χ0n) is 13.2. The molecule has 1 aliphatic heterocycles. The standard InChI is InChI=1S/C17H15N3O5/c21-15(18-10-5-6-13-11(9-10)19-17(23)25-13)12-3-1-7-20(12)16(22)14-4-2-8-24-14/h2,4-6,8-9,12H,1,3,7H2,(H,18,21)(H,19,23). The van der Waals surface area contributed by atoms with Crippen LogP contribution in [0.5, 0.6) is 0 Å². The Balaban J connectivity index is 1.52. The van der Waals surface area contributed by atoms with E-state index in [-0.39, 0.29) is 17.6 Å². The maximum absolute atomic E-state index is 12.6. The van der Waals surface area contributed by atoms with E-state index in [2.05, 4.69) is 10.3 Å². The number of H-pyrrole nitrogens is 1. The molecule has 2 amide bonds. The number of carbonyl (C=O) groups is 2.